The van der Waals surface area contributed by atoms with Gasteiger partial charge in [0.05, 0.1) is 6.10 Å². The van der Waals surface area contributed by atoms with Crippen LogP contribution in [0.2, 0.25) is 0 Å². The van der Waals surface area contributed by atoms with Gasteiger partial charge in [-0.05, 0) is 31.2 Å². The van der Waals surface area contributed by atoms with Crippen molar-refractivity contribution in [1.29, 1.82) is 0 Å². The first kappa shape index (κ1) is 11.8. The Kier molecular flexibility index (Phi) is 2.99. The van der Waals surface area contributed by atoms with Gasteiger partial charge in [-0.2, -0.15) is 0 Å². The van der Waals surface area contributed by atoms with Crippen molar-refractivity contribution in [3.63, 3.8) is 0 Å². The quantitative estimate of drug-likeness (QED) is 0.816. The van der Waals surface area contributed by atoms with Crippen LogP contribution in [0.5, 0.6) is 0 Å². The van der Waals surface area contributed by atoms with E-state index in [1.165, 1.54) is 49.8 Å². The molecule has 0 aromatic heterocycles. The van der Waals surface area contributed by atoms with Gasteiger partial charge in [-0.25, -0.2) is 0 Å². The van der Waals surface area contributed by atoms with Crippen LogP contribution in [0.25, 0.3) is 0 Å². The fourth-order valence-corrected chi connectivity index (χ4v) is 4.42. The third-order valence-corrected chi connectivity index (χ3v) is 5.35. The third kappa shape index (κ3) is 1.97. The van der Waals surface area contributed by atoms with Gasteiger partial charge < -0.3 is 10.1 Å². The fraction of sp³-hybridized carbons (Fsp3) is 0.647. The molecule has 1 aliphatic carbocycles. The monoisotopic (exact) mass is 257 g/mol. The second kappa shape index (κ2) is 4.82. The number of anilines is 1. The summed E-state index contributed by atoms with van der Waals surface area (Å²) in [7, 11) is 0. The van der Waals surface area contributed by atoms with E-state index in [9.17, 15) is 0 Å². The standard InChI is InChI=1S/C17H23NO/c1-2-6-12(7-3-1)16-14-10-11-19-17(14)13-8-4-5-9-15(13)18-16/h4-5,8-9,12,14,16-18H,1-3,6-7,10-11H2/t14-,16-,17+/m0/s1. The molecule has 0 spiro atoms. The maximum atomic E-state index is 6.06. The Morgan fingerprint density at radius 1 is 1.00 bits per heavy atom. The van der Waals surface area contributed by atoms with E-state index in [-0.39, 0.29) is 0 Å². The molecule has 0 bridgehead atoms. The van der Waals surface area contributed by atoms with E-state index >= 15 is 0 Å². The van der Waals surface area contributed by atoms with Crippen molar-refractivity contribution >= 4 is 5.69 Å². The maximum Gasteiger partial charge on any atom is 0.0893 e. The lowest BCUT2D eigenvalue weighted by molar-refractivity contribution is 0.0732. The highest BCUT2D eigenvalue weighted by molar-refractivity contribution is 5.56. The molecule has 1 aromatic rings. The summed E-state index contributed by atoms with van der Waals surface area (Å²) in [6.45, 7) is 0.939. The highest BCUT2D eigenvalue weighted by Crippen LogP contribution is 2.48. The van der Waals surface area contributed by atoms with Crippen molar-refractivity contribution in [2.45, 2.75) is 50.7 Å². The molecule has 19 heavy (non-hydrogen) atoms. The molecule has 1 saturated carbocycles. The van der Waals surface area contributed by atoms with Crippen molar-refractivity contribution in [3.05, 3.63) is 29.8 Å². The summed E-state index contributed by atoms with van der Waals surface area (Å²) in [6.07, 6.45) is 8.67. The molecule has 3 aliphatic rings. The number of benzene rings is 1. The van der Waals surface area contributed by atoms with Gasteiger partial charge in [-0.3, -0.25) is 0 Å². The molecule has 0 radical (unpaired) electrons. The first-order chi connectivity index (χ1) is 9.43. The van der Waals surface area contributed by atoms with E-state index in [4.69, 9.17) is 4.74 Å². The highest BCUT2D eigenvalue weighted by Gasteiger charge is 2.43. The lowest BCUT2D eigenvalue weighted by Gasteiger charge is -2.41. The van der Waals surface area contributed by atoms with Gasteiger partial charge in [0.15, 0.2) is 0 Å². The maximum absolute atomic E-state index is 6.06. The molecule has 0 unspecified atom stereocenters. The largest absolute Gasteiger partial charge is 0.381 e. The van der Waals surface area contributed by atoms with E-state index in [2.05, 4.69) is 29.6 Å². The van der Waals surface area contributed by atoms with Crippen molar-refractivity contribution in [2.24, 2.45) is 11.8 Å². The van der Waals surface area contributed by atoms with E-state index in [1.54, 1.807) is 0 Å². The number of fused-ring (bicyclic) bond motifs is 3. The minimum Gasteiger partial charge on any atom is -0.381 e. The van der Waals surface area contributed by atoms with Crippen LogP contribution in [-0.2, 0) is 4.74 Å². The molecule has 2 heterocycles. The van der Waals surface area contributed by atoms with Crippen molar-refractivity contribution in [2.75, 3.05) is 11.9 Å². The molecule has 1 aromatic carbocycles. The SMILES string of the molecule is c1ccc2c(c1)N[C@@H](C1CCCCC1)[C@@H]1CCO[C@H]21. The van der Waals surface area contributed by atoms with Crippen LogP contribution in [0.3, 0.4) is 0 Å². The molecule has 2 fully saturated rings. The number of para-hydroxylation sites is 1. The average molecular weight is 257 g/mol. The Hall–Kier alpha value is -1.02. The third-order valence-electron chi connectivity index (χ3n) is 5.35. The van der Waals surface area contributed by atoms with E-state index in [0.717, 1.165) is 12.5 Å². The molecule has 1 N–H and O–H groups in total. The first-order valence-electron chi connectivity index (χ1n) is 7.90. The molecule has 3 atom stereocenters. The van der Waals surface area contributed by atoms with Gasteiger partial charge in [0.1, 0.15) is 0 Å². The fourth-order valence-electron chi connectivity index (χ4n) is 4.42. The van der Waals surface area contributed by atoms with E-state index in [0.29, 0.717) is 18.1 Å². The molecule has 102 valence electrons. The summed E-state index contributed by atoms with van der Waals surface area (Å²) < 4.78 is 6.06. The van der Waals surface area contributed by atoms with Crippen molar-refractivity contribution in [1.82, 2.24) is 0 Å². The second-order valence-corrected chi connectivity index (χ2v) is 6.40. The molecule has 2 heteroatoms. The van der Waals surface area contributed by atoms with Crippen LogP contribution in [0.1, 0.15) is 50.2 Å². The number of nitrogens with one attached hydrogen (secondary N) is 1. The van der Waals surface area contributed by atoms with Gasteiger partial charge in [-0.1, -0.05) is 37.5 Å². The minimum absolute atomic E-state index is 0.351. The van der Waals surface area contributed by atoms with Crippen LogP contribution in [0, 0.1) is 11.8 Å². The number of hydrogen-bond acceptors (Lipinski definition) is 2. The Balaban J connectivity index is 1.66. The van der Waals surface area contributed by atoms with Crippen LogP contribution in [0.4, 0.5) is 5.69 Å². The smallest absolute Gasteiger partial charge is 0.0893 e. The van der Waals surface area contributed by atoms with Crippen LogP contribution in [0.15, 0.2) is 24.3 Å². The Morgan fingerprint density at radius 3 is 2.74 bits per heavy atom. The molecular formula is C17H23NO. The Morgan fingerprint density at radius 2 is 1.84 bits per heavy atom. The summed E-state index contributed by atoms with van der Waals surface area (Å²) in [5.74, 6) is 1.55. The summed E-state index contributed by atoms with van der Waals surface area (Å²) >= 11 is 0. The van der Waals surface area contributed by atoms with E-state index in [1.807, 2.05) is 0 Å². The molecule has 4 rings (SSSR count). The van der Waals surface area contributed by atoms with Gasteiger partial charge in [0.25, 0.3) is 0 Å². The summed E-state index contributed by atoms with van der Waals surface area (Å²) in [6, 6.07) is 9.38. The van der Waals surface area contributed by atoms with Crippen LogP contribution >= 0.6 is 0 Å². The molecule has 1 saturated heterocycles. The average Bonchev–Trinajstić information content (AvgIpc) is 2.97. The topological polar surface area (TPSA) is 21.3 Å². The van der Waals surface area contributed by atoms with Gasteiger partial charge in [0.2, 0.25) is 0 Å². The second-order valence-electron chi connectivity index (χ2n) is 6.40. The number of hydrogen-bond donors (Lipinski definition) is 1. The van der Waals surface area contributed by atoms with Gasteiger partial charge in [-0.15, -0.1) is 0 Å². The lowest BCUT2D eigenvalue weighted by atomic mass is 9.73. The molecule has 2 aliphatic heterocycles. The molecule has 0 amide bonds. The van der Waals surface area contributed by atoms with Crippen LogP contribution in [-0.4, -0.2) is 12.6 Å². The van der Waals surface area contributed by atoms with Crippen molar-refractivity contribution < 1.29 is 4.74 Å². The summed E-state index contributed by atoms with van der Waals surface area (Å²) in [5.41, 5.74) is 2.71. The lowest BCUT2D eigenvalue weighted by Crippen LogP contribution is -2.42. The zero-order valence-electron chi connectivity index (χ0n) is 11.5. The zero-order valence-corrected chi connectivity index (χ0v) is 11.5. The first-order valence-corrected chi connectivity index (χ1v) is 7.90. The van der Waals surface area contributed by atoms with Crippen molar-refractivity contribution in [3.8, 4) is 0 Å². The zero-order chi connectivity index (χ0) is 12.7. The normalized spacial score (nSPS) is 34.4. The molecular weight excluding hydrogens is 234 g/mol. The van der Waals surface area contributed by atoms with Gasteiger partial charge >= 0.3 is 0 Å². The number of ether oxygens (including phenoxy) is 1. The Labute approximate surface area is 115 Å². The Bertz CT molecular complexity index is 452. The summed E-state index contributed by atoms with van der Waals surface area (Å²) in [5, 5.41) is 3.86. The minimum atomic E-state index is 0.351. The highest BCUT2D eigenvalue weighted by atomic mass is 16.5. The predicted molar refractivity (Wildman–Crippen MR) is 77.2 cm³/mol. The van der Waals surface area contributed by atoms with Gasteiger partial charge in [0, 0.05) is 29.8 Å². The van der Waals surface area contributed by atoms with Crippen LogP contribution < -0.4 is 5.32 Å². The number of rotatable bonds is 1. The molecule has 2 nitrogen and oxygen atoms in total. The predicted octanol–water partition coefficient (Wildman–Crippen LogP) is 4.14. The summed E-state index contributed by atoms with van der Waals surface area (Å²) in [4.78, 5) is 0. The van der Waals surface area contributed by atoms with E-state index < -0.39 is 0 Å².